The van der Waals surface area contributed by atoms with E-state index in [0.717, 1.165) is 12.3 Å². The van der Waals surface area contributed by atoms with E-state index in [0.29, 0.717) is 5.92 Å². The van der Waals surface area contributed by atoms with E-state index in [1.165, 1.54) is 64.2 Å². The van der Waals surface area contributed by atoms with Gasteiger partial charge in [0.2, 0.25) is 0 Å². The highest BCUT2D eigenvalue weighted by atomic mass is 16.3. The number of hydrogen-bond donors (Lipinski definition) is 1. The fraction of sp³-hybridized carbons (Fsp3) is 1.00. The molecule has 1 atom stereocenters. The Hall–Kier alpha value is -0.0400. The van der Waals surface area contributed by atoms with E-state index in [9.17, 15) is 5.11 Å². The second kappa shape index (κ2) is 5.89. The van der Waals surface area contributed by atoms with E-state index in [4.69, 9.17) is 0 Å². The molecular weight excluding hydrogens is 184 g/mol. The Bertz CT molecular complexity index is 164. The van der Waals surface area contributed by atoms with Gasteiger partial charge in [-0.3, -0.25) is 0 Å². The van der Waals surface area contributed by atoms with E-state index < -0.39 is 0 Å². The molecule has 2 aliphatic rings. The molecule has 2 aliphatic carbocycles. The highest BCUT2D eigenvalue weighted by molar-refractivity contribution is 4.77. The smallest absolute Gasteiger partial charge is 0.0571 e. The molecule has 0 spiro atoms. The van der Waals surface area contributed by atoms with Crippen molar-refractivity contribution >= 4 is 0 Å². The molecule has 2 fully saturated rings. The second-order valence-corrected chi connectivity index (χ2v) is 5.71. The van der Waals surface area contributed by atoms with Crippen LogP contribution in [0.3, 0.4) is 0 Å². The summed E-state index contributed by atoms with van der Waals surface area (Å²) in [4.78, 5) is 0. The zero-order chi connectivity index (χ0) is 10.5. The van der Waals surface area contributed by atoms with Gasteiger partial charge in [-0.05, 0) is 31.1 Å². The van der Waals surface area contributed by atoms with Gasteiger partial charge >= 0.3 is 0 Å². The van der Waals surface area contributed by atoms with E-state index in [1.54, 1.807) is 0 Å². The van der Waals surface area contributed by atoms with E-state index >= 15 is 0 Å². The summed E-state index contributed by atoms with van der Waals surface area (Å²) in [5.41, 5.74) is 0. The van der Waals surface area contributed by atoms with E-state index in [2.05, 4.69) is 0 Å². The minimum Gasteiger partial charge on any atom is -0.393 e. The second-order valence-electron chi connectivity index (χ2n) is 5.71. The first-order chi connectivity index (χ1) is 7.36. The topological polar surface area (TPSA) is 20.2 Å². The predicted octanol–water partition coefficient (Wildman–Crippen LogP) is 3.90. The third-order valence-corrected chi connectivity index (χ3v) is 4.49. The van der Waals surface area contributed by atoms with Crippen LogP contribution in [0.15, 0.2) is 0 Å². The minimum atomic E-state index is 0.0196. The maximum Gasteiger partial charge on any atom is 0.0571 e. The quantitative estimate of drug-likeness (QED) is 0.700. The van der Waals surface area contributed by atoms with Crippen LogP contribution in [0.1, 0.15) is 70.6 Å². The molecule has 1 N–H and O–H groups in total. The fourth-order valence-electron chi connectivity index (χ4n) is 3.48. The first-order valence-corrected chi connectivity index (χ1v) is 7.04. The molecule has 0 heterocycles. The van der Waals surface area contributed by atoms with Gasteiger partial charge in [-0.25, -0.2) is 0 Å². The summed E-state index contributed by atoms with van der Waals surface area (Å²) in [6.45, 7) is 0. The molecule has 1 unspecified atom stereocenters. The van der Waals surface area contributed by atoms with Gasteiger partial charge < -0.3 is 5.11 Å². The SMILES string of the molecule is OC(CC1CCCC1)C1CCCCCC1. The molecule has 0 aromatic carbocycles. The summed E-state index contributed by atoms with van der Waals surface area (Å²) < 4.78 is 0. The summed E-state index contributed by atoms with van der Waals surface area (Å²) >= 11 is 0. The number of hydrogen-bond acceptors (Lipinski definition) is 1. The lowest BCUT2D eigenvalue weighted by atomic mass is 9.87. The monoisotopic (exact) mass is 210 g/mol. The third-order valence-electron chi connectivity index (χ3n) is 4.49. The highest BCUT2D eigenvalue weighted by Crippen LogP contribution is 2.33. The van der Waals surface area contributed by atoms with E-state index in [-0.39, 0.29) is 6.10 Å². The van der Waals surface area contributed by atoms with Gasteiger partial charge in [0, 0.05) is 0 Å². The van der Waals surface area contributed by atoms with Crippen molar-refractivity contribution in [3.05, 3.63) is 0 Å². The van der Waals surface area contributed by atoms with Crippen molar-refractivity contribution in [1.29, 1.82) is 0 Å². The normalized spacial score (nSPS) is 27.8. The summed E-state index contributed by atoms with van der Waals surface area (Å²) in [6, 6.07) is 0. The Labute approximate surface area is 94.3 Å². The van der Waals surface area contributed by atoms with Crippen molar-refractivity contribution in [2.45, 2.75) is 76.7 Å². The van der Waals surface area contributed by atoms with Crippen molar-refractivity contribution in [2.75, 3.05) is 0 Å². The van der Waals surface area contributed by atoms with Crippen LogP contribution in [0.4, 0.5) is 0 Å². The average molecular weight is 210 g/mol. The summed E-state index contributed by atoms with van der Waals surface area (Å²) in [5.74, 6) is 1.48. The molecule has 15 heavy (non-hydrogen) atoms. The van der Waals surface area contributed by atoms with Gasteiger partial charge in [0.1, 0.15) is 0 Å². The molecule has 0 amide bonds. The van der Waals surface area contributed by atoms with Gasteiger partial charge in [-0.15, -0.1) is 0 Å². The van der Waals surface area contributed by atoms with Gasteiger partial charge in [0.05, 0.1) is 6.10 Å². The lowest BCUT2D eigenvalue weighted by Gasteiger charge is -2.23. The molecule has 1 nitrogen and oxygen atoms in total. The minimum absolute atomic E-state index is 0.0196. The Morgan fingerprint density at radius 2 is 1.33 bits per heavy atom. The molecule has 0 radical (unpaired) electrons. The van der Waals surface area contributed by atoms with Crippen LogP contribution in [-0.4, -0.2) is 11.2 Å². The lowest BCUT2D eigenvalue weighted by Crippen LogP contribution is -2.22. The predicted molar refractivity (Wildman–Crippen MR) is 63.8 cm³/mol. The molecule has 88 valence electrons. The van der Waals surface area contributed by atoms with Gasteiger partial charge in [0.15, 0.2) is 0 Å². The number of rotatable bonds is 3. The first-order valence-electron chi connectivity index (χ1n) is 7.04. The van der Waals surface area contributed by atoms with Crippen molar-refractivity contribution in [3.63, 3.8) is 0 Å². The van der Waals surface area contributed by atoms with Gasteiger partial charge in [0.25, 0.3) is 0 Å². The molecular formula is C14H26O. The lowest BCUT2D eigenvalue weighted by molar-refractivity contribution is 0.0744. The zero-order valence-corrected chi connectivity index (χ0v) is 9.96. The van der Waals surface area contributed by atoms with Crippen molar-refractivity contribution in [2.24, 2.45) is 11.8 Å². The number of aliphatic hydroxyl groups excluding tert-OH is 1. The molecule has 2 rings (SSSR count). The van der Waals surface area contributed by atoms with Crippen LogP contribution >= 0.6 is 0 Å². The standard InChI is InChI=1S/C14H26O/c15-14(11-12-7-5-6-8-12)13-9-3-1-2-4-10-13/h12-15H,1-11H2. The molecule has 0 saturated heterocycles. The highest BCUT2D eigenvalue weighted by Gasteiger charge is 2.25. The Morgan fingerprint density at radius 3 is 1.93 bits per heavy atom. The fourth-order valence-corrected chi connectivity index (χ4v) is 3.48. The maximum atomic E-state index is 10.3. The molecule has 2 saturated carbocycles. The molecule has 1 heteroatoms. The maximum absolute atomic E-state index is 10.3. The summed E-state index contributed by atoms with van der Waals surface area (Å²) in [6.07, 6.45) is 14.8. The number of aliphatic hydroxyl groups is 1. The van der Waals surface area contributed by atoms with Gasteiger partial charge in [-0.1, -0.05) is 51.4 Å². The Balaban J connectivity index is 1.74. The van der Waals surface area contributed by atoms with Crippen LogP contribution < -0.4 is 0 Å². The molecule has 0 aromatic rings. The Morgan fingerprint density at radius 1 is 0.800 bits per heavy atom. The van der Waals surface area contributed by atoms with Crippen molar-refractivity contribution < 1.29 is 5.11 Å². The van der Waals surface area contributed by atoms with Crippen LogP contribution in [0.5, 0.6) is 0 Å². The van der Waals surface area contributed by atoms with E-state index in [1.807, 2.05) is 0 Å². The largest absolute Gasteiger partial charge is 0.393 e. The van der Waals surface area contributed by atoms with Crippen LogP contribution in [-0.2, 0) is 0 Å². The van der Waals surface area contributed by atoms with Crippen LogP contribution in [0.2, 0.25) is 0 Å². The summed E-state index contributed by atoms with van der Waals surface area (Å²) in [5, 5.41) is 10.3. The molecule has 0 aliphatic heterocycles. The molecule has 0 aromatic heterocycles. The van der Waals surface area contributed by atoms with Crippen LogP contribution in [0.25, 0.3) is 0 Å². The van der Waals surface area contributed by atoms with Gasteiger partial charge in [-0.2, -0.15) is 0 Å². The van der Waals surface area contributed by atoms with Crippen LogP contribution in [0, 0.1) is 11.8 Å². The van der Waals surface area contributed by atoms with Crippen molar-refractivity contribution in [1.82, 2.24) is 0 Å². The summed E-state index contributed by atoms with van der Waals surface area (Å²) in [7, 11) is 0. The first kappa shape index (κ1) is 11.4. The van der Waals surface area contributed by atoms with Crippen molar-refractivity contribution in [3.8, 4) is 0 Å². The third kappa shape index (κ3) is 3.48. The Kier molecular flexibility index (Phi) is 4.49. The molecule has 0 bridgehead atoms. The zero-order valence-electron chi connectivity index (χ0n) is 9.96. The average Bonchev–Trinajstić information content (AvgIpc) is 2.58.